The third-order valence-corrected chi connectivity index (χ3v) is 7.29. The number of aromatic nitrogens is 2. The zero-order valence-corrected chi connectivity index (χ0v) is 22.4. The third-order valence-electron chi connectivity index (χ3n) is 6.23. The number of hydrogen-bond acceptors (Lipinski definition) is 6. The van der Waals surface area contributed by atoms with Gasteiger partial charge in [-0.25, -0.2) is 4.98 Å². The molecule has 0 unspecified atom stereocenters. The van der Waals surface area contributed by atoms with Crippen LogP contribution in [0.25, 0.3) is 23.9 Å². The van der Waals surface area contributed by atoms with Gasteiger partial charge in [-0.05, 0) is 25.3 Å². The highest BCUT2D eigenvalue weighted by atomic mass is 32.1. The smallest absolute Gasteiger partial charge is 0.261 e. The Morgan fingerprint density at radius 2 is 1.75 bits per heavy atom. The minimum atomic E-state index is -0.340. The average Bonchev–Trinajstić information content (AvgIpc) is 3.31. The third kappa shape index (κ3) is 6.06. The minimum Gasteiger partial charge on any atom is -0.493 e. The first-order valence-electron chi connectivity index (χ1n) is 12.8. The van der Waals surface area contributed by atoms with E-state index in [1.165, 1.54) is 4.57 Å². The molecule has 0 saturated carbocycles. The Bertz CT molecular complexity index is 1360. The molecule has 0 radical (unpaired) electrons. The van der Waals surface area contributed by atoms with Crippen LogP contribution in [0.3, 0.4) is 0 Å². The zero-order chi connectivity index (χ0) is 26.1. The summed E-state index contributed by atoms with van der Waals surface area (Å²) in [5, 5.41) is 21.8. The van der Waals surface area contributed by atoms with Crippen molar-refractivity contribution in [2.24, 2.45) is 0 Å². The van der Waals surface area contributed by atoms with Crippen LogP contribution >= 0.6 is 11.3 Å². The molecule has 0 aliphatic heterocycles. The number of rotatable bonds is 12. The van der Waals surface area contributed by atoms with Crippen molar-refractivity contribution in [1.82, 2.24) is 9.55 Å². The van der Waals surface area contributed by atoms with Gasteiger partial charge in [0.25, 0.3) is 5.56 Å². The van der Waals surface area contributed by atoms with Crippen molar-refractivity contribution < 1.29 is 5.11 Å². The molecule has 0 bridgehead atoms. The van der Waals surface area contributed by atoms with Gasteiger partial charge in [0.05, 0.1) is 10.6 Å². The highest BCUT2D eigenvalue weighted by Crippen LogP contribution is 2.34. The molecule has 0 saturated heterocycles. The first-order chi connectivity index (χ1) is 17.5. The van der Waals surface area contributed by atoms with Gasteiger partial charge >= 0.3 is 0 Å². The Hall–Kier alpha value is -3.37. The average molecular weight is 505 g/mol. The first kappa shape index (κ1) is 27.2. The second kappa shape index (κ2) is 13.1. The summed E-state index contributed by atoms with van der Waals surface area (Å²) in [5.74, 6) is -0.309. The molecule has 1 N–H and O–H groups in total. The fraction of sp³-hybridized carbons (Fsp3) is 0.414. The summed E-state index contributed by atoms with van der Waals surface area (Å²) in [4.78, 5) is 21.7. The topological polar surface area (TPSA) is 82.1 Å². The number of pyridine rings is 1. The second-order valence-corrected chi connectivity index (χ2v) is 9.94. The van der Waals surface area contributed by atoms with E-state index in [9.17, 15) is 15.2 Å². The molecule has 0 aliphatic carbocycles. The van der Waals surface area contributed by atoms with Crippen LogP contribution in [-0.4, -0.2) is 27.7 Å². The van der Waals surface area contributed by atoms with Gasteiger partial charge in [-0.2, -0.15) is 5.26 Å². The Balaban J connectivity index is 2.27. The SMILES string of the molecule is C=c1c(C#N)c(O)n(CCCC)c(=O)/c1=C\c1sc(N(CCCC)CCCC)nc1-c1ccccc1. The molecule has 2 aromatic heterocycles. The number of anilines is 1. The van der Waals surface area contributed by atoms with Gasteiger partial charge in [0, 0.05) is 35.6 Å². The Morgan fingerprint density at radius 1 is 1.11 bits per heavy atom. The molecule has 0 fully saturated rings. The number of unbranched alkanes of at least 4 members (excludes halogenated alkanes) is 3. The van der Waals surface area contributed by atoms with Gasteiger partial charge in [-0.1, -0.05) is 88.3 Å². The van der Waals surface area contributed by atoms with Crippen molar-refractivity contribution in [3.8, 4) is 23.2 Å². The minimum absolute atomic E-state index is 0.0375. The van der Waals surface area contributed by atoms with Crippen LogP contribution in [-0.2, 0) is 6.54 Å². The molecule has 0 spiro atoms. The van der Waals surface area contributed by atoms with Gasteiger partial charge in [-0.15, -0.1) is 0 Å². The predicted octanol–water partition coefficient (Wildman–Crippen LogP) is 4.99. The second-order valence-electron chi connectivity index (χ2n) is 8.93. The number of hydrogen-bond donors (Lipinski definition) is 1. The van der Waals surface area contributed by atoms with E-state index in [-0.39, 0.29) is 22.2 Å². The Labute approximate surface area is 217 Å². The molecule has 3 rings (SSSR count). The molecule has 3 aromatic rings. The maximum atomic E-state index is 13.5. The fourth-order valence-corrected chi connectivity index (χ4v) is 5.14. The van der Waals surface area contributed by atoms with Gasteiger partial charge in [0.15, 0.2) is 5.13 Å². The lowest BCUT2D eigenvalue weighted by Gasteiger charge is -2.21. The van der Waals surface area contributed by atoms with Crippen molar-refractivity contribution in [3.05, 3.63) is 61.6 Å². The summed E-state index contributed by atoms with van der Waals surface area (Å²) in [6, 6.07) is 12.0. The van der Waals surface area contributed by atoms with E-state index in [0.29, 0.717) is 11.8 Å². The van der Waals surface area contributed by atoms with Crippen LogP contribution in [0, 0.1) is 11.3 Å². The first-order valence-corrected chi connectivity index (χ1v) is 13.7. The summed E-state index contributed by atoms with van der Waals surface area (Å²) in [6.07, 6.45) is 7.75. The quantitative estimate of drug-likeness (QED) is 0.376. The standard InChI is InChI=1S/C29H36N4O2S/c1-5-8-16-32(17-9-6-2)29-31-26(22-14-12-11-13-15-22)25(36-29)19-23-21(4)24(20-30)28(35)33(27(23)34)18-10-7-3/h11-15,19,35H,4-10,16-18H2,1-3H3/b23-19-. The lowest BCUT2D eigenvalue weighted by atomic mass is 10.1. The Kier molecular flexibility index (Phi) is 9.89. The largest absolute Gasteiger partial charge is 0.493 e. The van der Waals surface area contributed by atoms with E-state index >= 15 is 0 Å². The Morgan fingerprint density at radius 3 is 2.33 bits per heavy atom. The van der Waals surface area contributed by atoms with Crippen LogP contribution in [0.5, 0.6) is 5.88 Å². The van der Waals surface area contributed by atoms with Crippen molar-refractivity contribution in [3.63, 3.8) is 0 Å². The fourth-order valence-electron chi connectivity index (χ4n) is 4.05. The molecule has 7 heteroatoms. The van der Waals surface area contributed by atoms with Gasteiger partial charge in [0.1, 0.15) is 11.6 Å². The molecule has 2 heterocycles. The van der Waals surface area contributed by atoms with Gasteiger partial charge in [-0.3, -0.25) is 9.36 Å². The van der Waals surface area contributed by atoms with E-state index in [0.717, 1.165) is 72.9 Å². The van der Waals surface area contributed by atoms with Crippen molar-refractivity contribution in [2.45, 2.75) is 65.8 Å². The van der Waals surface area contributed by atoms with Gasteiger partial charge < -0.3 is 10.0 Å². The zero-order valence-electron chi connectivity index (χ0n) is 21.6. The predicted molar refractivity (Wildman–Crippen MR) is 150 cm³/mol. The van der Waals surface area contributed by atoms with Crippen molar-refractivity contribution in [1.29, 1.82) is 5.26 Å². The van der Waals surface area contributed by atoms with Crippen LogP contribution in [0.4, 0.5) is 5.13 Å². The molecule has 36 heavy (non-hydrogen) atoms. The highest BCUT2D eigenvalue weighted by Gasteiger charge is 2.18. The molecule has 0 atom stereocenters. The monoisotopic (exact) mass is 504 g/mol. The lowest BCUT2D eigenvalue weighted by Crippen LogP contribution is -2.46. The number of nitrogens with zero attached hydrogens (tertiary/aromatic N) is 4. The molecule has 0 amide bonds. The van der Waals surface area contributed by atoms with E-state index in [1.54, 1.807) is 17.4 Å². The maximum absolute atomic E-state index is 13.5. The van der Waals surface area contributed by atoms with E-state index in [2.05, 4.69) is 25.3 Å². The van der Waals surface area contributed by atoms with Crippen LogP contribution < -0.4 is 20.9 Å². The summed E-state index contributed by atoms with van der Waals surface area (Å²) >= 11 is 1.55. The van der Waals surface area contributed by atoms with E-state index < -0.39 is 0 Å². The lowest BCUT2D eigenvalue weighted by molar-refractivity contribution is 0.398. The molecular weight excluding hydrogens is 468 g/mol. The molecule has 0 aliphatic rings. The molecule has 6 nitrogen and oxygen atoms in total. The van der Waals surface area contributed by atoms with E-state index in [1.807, 2.05) is 43.3 Å². The van der Waals surface area contributed by atoms with E-state index in [4.69, 9.17) is 4.98 Å². The summed E-state index contributed by atoms with van der Waals surface area (Å²) in [6.45, 7) is 12.6. The molecule has 190 valence electrons. The number of nitriles is 1. The highest BCUT2D eigenvalue weighted by molar-refractivity contribution is 7.16. The van der Waals surface area contributed by atoms with Crippen LogP contribution in [0.15, 0.2) is 35.1 Å². The molecular formula is C29H36N4O2S. The normalized spacial score (nSPS) is 11.6. The molecule has 1 aromatic carbocycles. The number of aromatic hydroxyl groups is 1. The number of benzene rings is 1. The van der Waals surface area contributed by atoms with Crippen molar-refractivity contribution in [2.75, 3.05) is 18.0 Å². The maximum Gasteiger partial charge on any atom is 0.261 e. The summed E-state index contributed by atoms with van der Waals surface area (Å²) in [5.41, 5.74) is 1.47. The van der Waals surface area contributed by atoms with Gasteiger partial charge in [0.2, 0.25) is 5.88 Å². The van der Waals surface area contributed by atoms with Crippen molar-refractivity contribution >= 4 is 29.1 Å². The van der Waals surface area contributed by atoms with Crippen LogP contribution in [0.1, 0.15) is 69.7 Å². The summed E-state index contributed by atoms with van der Waals surface area (Å²) < 4.78 is 1.29. The number of thiazole rings is 1. The summed E-state index contributed by atoms with van der Waals surface area (Å²) in [7, 11) is 0. The van der Waals surface area contributed by atoms with Crippen LogP contribution in [0.2, 0.25) is 0 Å².